The summed E-state index contributed by atoms with van der Waals surface area (Å²) in [5.74, 6) is -0.804. The number of hydrogen-bond donors (Lipinski definition) is 1. The van der Waals surface area contributed by atoms with Crippen LogP contribution in [0.15, 0.2) is 12.2 Å². The number of carbonyl (C=O) groups is 4. The Morgan fingerprint density at radius 1 is 1.10 bits per heavy atom. The van der Waals surface area contributed by atoms with Gasteiger partial charge in [0.05, 0.1) is 5.54 Å². The molecule has 1 heterocycles. The Hall–Kier alpha value is -1.98. The van der Waals surface area contributed by atoms with E-state index in [-0.39, 0.29) is 23.5 Å². The number of unbranched alkanes of at least 4 members (excludes halogenated alkanes) is 2. The van der Waals surface area contributed by atoms with Gasteiger partial charge in [0.15, 0.2) is 5.78 Å². The number of ketones is 1. The number of amides is 3. The molecule has 0 atom stereocenters. The fourth-order valence-corrected chi connectivity index (χ4v) is 1.88. The third-order valence-electron chi connectivity index (χ3n) is 3.52. The minimum Gasteiger partial charge on any atom is -0.344 e. The van der Waals surface area contributed by atoms with Gasteiger partial charge in [0, 0.05) is 25.1 Å². The highest BCUT2D eigenvalue weighted by Crippen LogP contribution is 2.09. The number of imide groups is 1. The van der Waals surface area contributed by atoms with Crippen molar-refractivity contribution in [2.75, 3.05) is 6.54 Å². The SMILES string of the molecule is CC(=O)C(C)(C)NC(=O)CCCCCN1C(=O)C=CC1=O. The predicted octanol–water partition coefficient (Wildman–Crippen LogP) is 0.956. The summed E-state index contributed by atoms with van der Waals surface area (Å²) in [4.78, 5) is 46.8. The first-order chi connectivity index (χ1) is 9.74. The van der Waals surface area contributed by atoms with E-state index in [2.05, 4.69) is 5.32 Å². The molecule has 0 aromatic heterocycles. The summed E-state index contributed by atoms with van der Waals surface area (Å²) in [6.07, 6.45) is 4.92. The molecule has 1 rings (SSSR count). The van der Waals surface area contributed by atoms with Crippen LogP contribution in [0.4, 0.5) is 0 Å². The minimum atomic E-state index is -0.836. The summed E-state index contributed by atoms with van der Waals surface area (Å²) in [6.45, 7) is 5.17. The van der Waals surface area contributed by atoms with E-state index in [1.165, 1.54) is 24.0 Å². The van der Waals surface area contributed by atoms with Gasteiger partial charge in [-0.1, -0.05) is 6.42 Å². The molecule has 1 N–H and O–H groups in total. The average Bonchev–Trinajstić information content (AvgIpc) is 2.68. The molecular weight excluding hydrogens is 272 g/mol. The van der Waals surface area contributed by atoms with Crippen LogP contribution in [-0.4, -0.2) is 40.5 Å². The van der Waals surface area contributed by atoms with Crippen LogP contribution < -0.4 is 5.32 Å². The average molecular weight is 294 g/mol. The minimum absolute atomic E-state index is 0.0885. The molecule has 1 aliphatic rings. The van der Waals surface area contributed by atoms with Gasteiger partial charge in [0.1, 0.15) is 0 Å². The molecule has 21 heavy (non-hydrogen) atoms. The van der Waals surface area contributed by atoms with E-state index in [9.17, 15) is 19.2 Å². The molecule has 116 valence electrons. The highest BCUT2D eigenvalue weighted by atomic mass is 16.2. The summed E-state index contributed by atoms with van der Waals surface area (Å²) in [6, 6.07) is 0. The van der Waals surface area contributed by atoms with E-state index in [4.69, 9.17) is 0 Å². The maximum absolute atomic E-state index is 11.7. The lowest BCUT2D eigenvalue weighted by Gasteiger charge is -2.22. The third kappa shape index (κ3) is 5.13. The molecule has 1 aliphatic heterocycles. The van der Waals surface area contributed by atoms with Gasteiger partial charge < -0.3 is 5.32 Å². The van der Waals surface area contributed by atoms with E-state index in [1.54, 1.807) is 13.8 Å². The van der Waals surface area contributed by atoms with E-state index < -0.39 is 5.54 Å². The molecule has 0 bridgehead atoms. The van der Waals surface area contributed by atoms with Crippen molar-refractivity contribution in [3.05, 3.63) is 12.2 Å². The maximum Gasteiger partial charge on any atom is 0.253 e. The molecule has 0 radical (unpaired) electrons. The van der Waals surface area contributed by atoms with Gasteiger partial charge in [-0.05, 0) is 33.6 Å². The maximum atomic E-state index is 11.7. The fourth-order valence-electron chi connectivity index (χ4n) is 1.88. The van der Waals surface area contributed by atoms with E-state index >= 15 is 0 Å². The molecule has 6 nitrogen and oxygen atoms in total. The molecule has 0 fully saturated rings. The number of Topliss-reactive ketones (excluding diaryl/α,β-unsaturated/α-hetero) is 1. The van der Waals surface area contributed by atoms with Crippen LogP contribution in [0.1, 0.15) is 46.5 Å². The number of rotatable bonds is 8. The number of nitrogens with one attached hydrogen (secondary N) is 1. The van der Waals surface area contributed by atoms with Crippen LogP contribution in [0.25, 0.3) is 0 Å². The van der Waals surface area contributed by atoms with Crippen molar-refractivity contribution in [2.45, 2.75) is 52.0 Å². The lowest BCUT2D eigenvalue weighted by atomic mass is 10.00. The van der Waals surface area contributed by atoms with Crippen molar-refractivity contribution in [3.8, 4) is 0 Å². The van der Waals surface area contributed by atoms with Crippen molar-refractivity contribution in [1.29, 1.82) is 0 Å². The predicted molar refractivity (Wildman–Crippen MR) is 77.2 cm³/mol. The standard InChI is InChI=1S/C15H22N2O4/c1-11(18)15(2,3)16-12(19)7-5-4-6-10-17-13(20)8-9-14(17)21/h8-9H,4-7,10H2,1-3H3,(H,16,19). The lowest BCUT2D eigenvalue weighted by molar-refractivity contribution is -0.137. The molecule has 0 aromatic carbocycles. The van der Waals surface area contributed by atoms with Crippen LogP contribution in [-0.2, 0) is 19.2 Å². The Morgan fingerprint density at radius 2 is 1.67 bits per heavy atom. The second kappa shape index (κ2) is 7.15. The molecule has 0 saturated carbocycles. The van der Waals surface area contributed by atoms with Gasteiger partial charge in [-0.2, -0.15) is 0 Å². The second-order valence-corrected chi connectivity index (χ2v) is 5.70. The molecule has 6 heteroatoms. The molecule has 0 saturated heterocycles. The largest absolute Gasteiger partial charge is 0.344 e. The molecule has 3 amide bonds. The summed E-state index contributed by atoms with van der Waals surface area (Å²) in [7, 11) is 0. The van der Waals surface area contributed by atoms with E-state index in [0.29, 0.717) is 25.8 Å². The Balaban J connectivity index is 2.17. The smallest absolute Gasteiger partial charge is 0.253 e. The van der Waals surface area contributed by atoms with Crippen LogP contribution in [0, 0.1) is 0 Å². The molecule has 0 aromatic rings. The topological polar surface area (TPSA) is 83.6 Å². The highest BCUT2D eigenvalue weighted by Gasteiger charge is 2.25. The summed E-state index contributed by atoms with van der Waals surface area (Å²) < 4.78 is 0. The van der Waals surface area contributed by atoms with Crippen molar-refractivity contribution in [2.24, 2.45) is 0 Å². The van der Waals surface area contributed by atoms with Gasteiger partial charge in [0.2, 0.25) is 5.91 Å². The molecular formula is C15H22N2O4. The highest BCUT2D eigenvalue weighted by molar-refractivity contribution is 6.12. The monoisotopic (exact) mass is 294 g/mol. The van der Waals surface area contributed by atoms with Crippen LogP contribution in [0.3, 0.4) is 0 Å². The van der Waals surface area contributed by atoms with Crippen molar-refractivity contribution in [1.82, 2.24) is 10.2 Å². The fraction of sp³-hybridized carbons (Fsp3) is 0.600. The second-order valence-electron chi connectivity index (χ2n) is 5.70. The number of hydrogen-bond acceptors (Lipinski definition) is 4. The van der Waals surface area contributed by atoms with Gasteiger partial charge in [-0.15, -0.1) is 0 Å². The zero-order valence-electron chi connectivity index (χ0n) is 12.8. The van der Waals surface area contributed by atoms with E-state index in [0.717, 1.165) is 6.42 Å². The molecule has 0 aliphatic carbocycles. The van der Waals surface area contributed by atoms with Gasteiger partial charge in [0.25, 0.3) is 11.8 Å². The summed E-state index contributed by atoms with van der Waals surface area (Å²) in [5, 5.41) is 2.68. The Labute approximate surface area is 124 Å². The summed E-state index contributed by atoms with van der Waals surface area (Å²) >= 11 is 0. The van der Waals surface area contributed by atoms with Crippen LogP contribution in [0.5, 0.6) is 0 Å². The quantitative estimate of drug-likeness (QED) is 0.534. The number of nitrogens with zero attached hydrogens (tertiary/aromatic N) is 1. The van der Waals surface area contributed by atoms with Crippen LogP contribution in [0.2, 0.25) is 0 Å². The van der Waals surface area contributed by atoms with Gasteiger partial charge >= 0.3 is 0 Å². The zero-order chi connectivity index (χ0) is 16.0. The van der Waals surface area contributed by atoms with Crippen LogP contribution >= 0.6 is 0 Å². The van der Waals surface area contributed by atoms with Gasteiger partial charge in [-0.25, -0.2) is 0 Å². The van der Waals surface area contributed by atoms with Crippen molar-refractivity contribution >= 4 is 23.5 Å². The molecule has 0 unspecified atom stereocenters. The summed E-state index contributed by atoms with van der Waals surface area (Å²) in [5.41, 5.74) is -0.836. The number of carbonyl (C=O) groups excluding carboxylic acids is 4. The zero-order valence-corrected chi connectivity index (χ0v) is 12.8. The first-order valence-corrected chi connectivity index (χ1v) is 7.09. The Bertz CT molecular complexity index is 462. The first kappa shape index (κ1) is 17.1. The Morgan fingerprint density at radius 3 is 2.19 bits per heavy atom. The first-order valence-electron chi connectivity index (χ1n) is 7.09. The van der Waals surface area contributed by atoms with E-state index in [1.807, 2.05) is 0 Å². The third-order valence-corrected chi connectivity index (χ3v) is 3.52. The lowest BCUT2D eigenvalue weighted by Crippen LogP contribution is -2.48. The Kier molecular flexibility index (Phi) is 5.81. The van der Waals surface area contributed by atoms with Crippen molar-refractivity contribution in [3.63, 3.8) is 0 Å². The van der Waals surface area contributed by atoms with Gasteiger partial charge in [-0.3, -0.25) is 24.1 Å². The molecule has 0 spiro atoms. The normalized spacial score (nSPS) is 14.7. The van der Waals surface area contributed by atoms with Crippen molar-refractivity contribution < 1.29 is 19.2 Å².